The third-order valence-electron chi connectivity index (χ3n) is 3.70. The molecule has 1 fully saturated rings. The molecule has 1 aliphatic heterocycles. The summed E-state index contributed by atoms with van der Waals surface area (Å²) >= 11 is 0. The van der Waals surface area contributed by atoms with Gasteiger partial charge in [0.15, 0.2) is 11.0 Å². The van der Waals surface area contributed by atoms with Gasteiger partial charge in [0.1, 0.15) is 17.7 Å². The molecule has 0 atom stereocenters. The van der Waals surface area contributed by atoms with E-state index >= 15 is 0 Å². The molecule has 0 bridgehead atoms. The largest absolute Gasteiger partial charge is 0.370 e. The molecule has 1 N–H and O–H groups in total. The van der Waals surface area contributed by atoms with E-state index in [1.54, 1.807) is 12.1 Å². The summed E-state index contributed by atoms with van der Waals surface area (Å²) in [6.07, 6.45) is 4.95. The third kappa shape index (κ3) is 2.57. The molecular weight excluding hydrogens is 280 g/mol. The second-order valence-electron chi connectivity index (χ2n) is 5.07. The molecule has 7 heteroatoms. The van der Waals surface area contributed by atoms with Crippen LogP contribution in [0.1, 0.15) is 19.3 Å². The van der Waals surface area contributed by atoms with Crippen LogP contribution in [-0.2, 0) is 0 Å². The summed E-state index contributed by atoms with van der Waals surface area (Å²) in [5.41, 5.74) is 2.93. The minimum atomic E-state index is -0.00953. The van der Waals surface area contributed by atoms with E-state index < -0.39 is 0 Å². The summed E-state index contributed by atoms with van der Waals surface area (Å²) in [4.78, 5) is 2.28. The molecule has 0 radical (unpaired) electrons. The average Bonchev–Trinajstić information content (AvgIpc) is 3.06. The zero-order valence-electron chi connectivity index (χ0n) is 11.9. The van der Waals surface area contributed by atoms with Crippen LogP contribution in [0.3, 0.4) is 0 Å². The van der Waals surface area contributed by atoms with E-state index in [1.165, 1.54) is 25.5 Å². The molecule has 0 amide bonds. The number of piperidine rings is 1. The summed E-state index contributed by atoms with van der Waals surface area (Å²) in [5.74, 6) is 0. The molecule has 0 unspecified atom stereocenters. The Morgan fingerprint density at radius 3 is 2.59 bits per heavy atom. The van der Waals surface area contributed by atoms with Gasteiger partial charge in [-0.1, -0.05) is 0 Å². The van der Waals surface area contributed by atoms with Gasteiger partial charge in [-0.2, -0.15) is 10.5 Å². The van der Waals surface area contributed by atoms with E-state index in [0.29, 0.717) is 16.7 Å². The number of nitrogens with zero attached hydrogens (tertiary/aromatic N) is 5. The fourth-order valence-corrected chi connectivity index (χ4v) is 2.60. The van der Waals surface area contributed by atoms with Crippen LogP contribution in [0.15, 0.2) is 28.5 Å². The first-order valence-electron chi connectivity index (χ1n) is 7.10. The Balaban J connectivity index is 1.95. The highest BCUT2D eigenvalue weighted by atomic mass is 16.6. The lowest BCUT2D eigenvalue weighted by Gasteiger charge is -2.28. The number of rotatable bonds is 3. The van der Waals surface area contributed by atoms with Crippen LogP contribution in [0.25, 0.3) is 11.0 Å². The van der Waals surface area contributed by atoms with E-state index in [-0.39, 0.29) is 5.57 Å². The maximum Gasteiger partial charge on any atom is 0.160 e. The topological polar surface area (TPSA) is 102 Å². The van der Waals surface area contributed by atoms with Crippen molar-refractivity contribution in [2.75, 3.05) is 23.3 Å². The van der Waals surface area contributed by atoms with Crippen molar-refractivity contribution in [3.63, 3.8) is 0 Å². The van der Waals surface area contributed by atoms with Crippen molar-refractivity contribution in [3.8, 4) is 12.1 Å². The Bertz CT molecular complexity index is 772. The van der Waals surface area contributed by atoms with Crippen molar-refractivity contribution < 1.29 is 4.63 Å². The molecule has 22 heavy (non-hydrogen) atoms. The monoisotopic (exact) mass is 294 g/mol. The SMILES string of the molecule is N#CC(C#N)=CNc1ccc(N2CCCCC2)c2nonc12. The second-order valence-corrected chi connectivity index (χ2v) is 5.07. The fourth-order valence-electron chi connectivity index (χ4n) is 2.60. The Labute approximate surface area is 127 Å². The van der Waals surface area contributed by atoms with Crippen LogP contribution < -0.4 is 10.2 Å². The van der Waals surface area contributed by atoms with Gasteiger partial charge in [0, 0.05) is 19.3 Å². The number of allylic oxidation sites excluding steroid dienone is 1. The molecule has 3 rings (SSSR count). The van der Waals surface area contributed by atoms with Crippen molar-refractivity contribution in [2.45, 2.75) is 19.3 Å². The lowest BCUT2D eigenvalue weighted by Crippen LogP contribution is -2.29. The number of nitriles is 2. The summed E-state index contributed by atoms with van der Waals surface area (Å²) in [6.45, 7) is 2.00. The Morgan fingerprint density at radius 1 is 1.14 bits per heavy atom. The van der Waals surface area contributed by atoms with Gasteiger partial charge in [-0.05, 0) is 41.7 Å². The quantitative estimate of drug-likeness (QED) is 0.868. The molecular formula is C15H14N6O. The minimum absolute atomic E-state index is 0.00953. The fraction of sp³-hybridized carbons (Fsp3) is 0.333. The number of nitrogens with one attached hydrogen (secondary N) is 1. The Hall–Kier alpha value is -3.06. The first-order chi connectivity index (χ1) is 10.8. The van der Waals surface area contributed by atoms with Gasteiger partial charge >= 0.3 is 0 Å². The van der Waals surface area contributed by atoms with Crippen LogP contribution >= 0.6 is 0 Å². The first kappa shape index (κ1) is 13.9. The molecule has 2 heterocycles. The second kappa shape index (κ2) is 6.15. The van der Waals surface area contributed by atoms with Crippen molar-refractivity contribution in [3.05, 3.63) is 23.9 Å². The summed E-state index contributed by atoms with van der Waals surface area (Å²) in [6, 6.07) is 7.42. The van der Waals surface area contributed by atoms with Gasteiger partial charge in [0.25, 0.3) is 0 Å². The van der Waals surface area contributed by atoms with Crippen molar-refractivity contribution in [1.82, 2.24) is 10.3 Å². The molecule has 7 nitrogen and oxygen atoms in total. The van der Waals surface area contributed by atoms with Crippen LogP contribution in [0.2, 0.25) is 0 Å². The highest BCUT2D eigenvalue weighted by Crippen LogP contribution is 2.31. The molecule has 1 aromatic carbocycles. The van der Waals surface area contributed by atoms with E-state index in [9.17, 15) is 0 Å². The maximum absolute atomic E-state index is 8.76. The van der Waals surface area contributed by atoms with Gasteiger partial charge in [0.05, 0.1) is 11.4 Å². The van der Waals surface area contributed by atoms with E-state index in [2.05, 4.69) is 20.5 Å². The Kier molecular flexibility index (Phi) is 3.88. The lowest BCUT2D eigenvalue weighted by atomic mass is 10.1. The van der Waals surface area contributed by atoms with Gasteiger partial charge in [-0.15, -0.1) is 0 Å². The first-order valence-corrected chi connectivity index (χ1v) is 7.10. The number of fused-ring (bicyclic) bond motifs is 1. The zero-order chi connectivity index (χ0) is 15.4. The lowest BCUT2D eigenvalue weighted by molar-refractivity contribution is 0.315. The Morgan fingerprint density at radius 2 is 1.86 bits per heavy atom. The van der Waals surface area contributed by atoms with E-state index in [1.807, 2.05) is 12.1 Å². The molecule has 1 aliphatic rings. The van der Waals surface area contributed by atoms with Gasteiger partial charge in [-0.25, -0.2) is 4.63 Å². The number of anilines is 2. The smallest absolute Gasteiger partial charge is 0.160 e. The summed E-state index contributed by atoms with van der Waals surface area (Å²) in [7, 11) is 0. The van der Waals surface area contributed by atoms with Crippen LogP contribution in [-0.4, -0.2) is 23.4 Å². The third-order valence-corrected chi connectivity index (χ3v) is 3.70. The van der Waals surface area contributed by atoms with Crippen molar-refractivity contribution >= 4 is 22.4 Å². The van der Waals surface area contributed by atoms with Gasteiger partial charge < -0.3 is 10.2 Å². The number of aromatic nitrogens is 2. The average molecular weight is 294 g/mol. The molecule has 0 spiro atoms. The predicted octanol–water partition coefficient (Wildman–Crippen LogP) is 2.56. The molecule has 0 aliphatic carbocycles. The normalized spacial score (nSPS) is 14.2. The van der Waals surface area contributed by atoms with Crippen LogP contribution in [0, 0.1) is 22.7 Å². The summed E-state index contributed by atoms with van der Waals surface area (Å²) in [5, 5.41) is 28.4. The van der Waals surface area contributed by atoms with E-state index in [0.717, 1.165) is 18.8 Å². The van der Waals surface area contributed by atoms with Gasteiger partial charge in [0.2, 0.25) is 0 Å². The number of benzene rings is 1. The van der Waals surface area contributed by atoms with Crippen LogP contribution in [0.5, 0.6) is 0 Å². The maximum atomic E-state index is 8.76. The number of hydrogen-bond donors (Lipinski definition) is 1. The van der Waals surface area contributed by atoms with E-state index in [4.69, 9.17) is 15.2 Å². The standard InChI is InChI=1S/C15H14N6O/c16-8-11(9-17)10-18-12-4-5-13(15-14(12)19-22-20-15)21-6-2-1-3-7-21/h4-5,10,18H,1-3,6-7H2. The zero-order valence-corrected chi connectivity index (χ0v) is 11.9. The molecule has 2 aromatic rings. The van der Waals surface area contributed by atoms with Gasteiger partial charge in [-0.3, -0.25) is 0 Å². The molecule has 110 valence electrons. The highest BCUT2D eigenvalue weighted by molar-refractivity contribution is 5.96. The minimum Gasteiger partial charge on any atom is -0.370 e. The van der Waals surface area contributed by atoms with Crippen molar-refractivity contribution in [2.24, 2.45) is 0 Å². The van der Waals surface area contributed by atoms with Crippen molar-refractivity contribution in [1.29, 1.82) is 10.5 Å². The van der Waals surface area contributed by atoms with Crippen LogP contribution in [0.4, 0.5) is 11.4 Å². The predicted molar refractivity (Wildman–Crippen MR) is 80.8 cm³/mol. The highest BCUT2D eigenvalue weighted by Gasteiger charge is 2.18. The molecule has 0 saturated carbocycles. The molecule has 1 aromatic heterocycles. The molecule has 1 saturated heterocycles. The summed E-state index contributed by atoms with van der Waals surface area (Å²) < 4.78 is 4.88. The number of hydrogen-bond acceptors (Lipinski definition) is 7.